The molecule has 21 heavy (non-hydrogen) atoms. The maximum absolute atomic E-state index is 12.2. The van der Waals surface area contributed by atoms with Crippen LogP contribution in [0.25, 0.3) is 11.1 Å². The molecule has 0 atom stereocenters. The third-order valence-electron chi connectivity index (χ3n) is 3.05. The minimum absolute atomic E-state index is 0.0904. The molecule has 0 heterocycles. The maximum atomic E-state index is 12.2. The Morgan fingerprint density at radius 2 is 1.38 bits per heavy atom. The molecule has 0 aromatic heterocycles. The lowest BCUT2D eigenvalue weighted by atomic mass is 10.0. The molecule has 0 unspecified atom stereocenters. The summed E-state index contributed by atoms with van der Waals surface area (Å²) in [6, 6.07) is 20.8. The van der Waals surface area contributed by atoms with Crippen LogP contribution in [0.2, 0.25) is 0 Å². The molecule has 0 aliphatic rings. The number of carbonyl (C=O) groups is 1. The lowest BCUT2D eigenvalue weighted by Gasteiger charge is -2.15. The zero-order valence-electron chi connectivity index (χ0n) is 11.4. The molecule has 0 radical (unpaired) electrons. The van der Waals surface area contributed by atoms with Gasteiger partial charge in [0.2, 0.25) is 0 Å². The van der Waals surface area contributed by atoms with Gasteiger partial charge >= 0.3 is 0 Å². The van der Waals surface area contributed by atoms with E-state index in [0.29, 0.717) is 5.56 Å². The second kappa shape index (κ2) is 6.88. The average Bonchev–Trinajstić information content (AvgIpc) is 2.55. The molecule has 0 spiro atoms. The highest BCUT2D eigenvalue weighted by atomic mass is 16.2. The first-order chi connectivity index (χ1) is 10.3. The second-order valence-corrected chi connectivity index (χ2v) is 4.42. The highest BCUT2D eigenvalue weighted by Crippen LogP contribution is 2.19. The van der Waals surface area contributed by atoms with Crippen LogP contribution in [0.5, 0.6) is 0 Å². The molecule has 0 saturated carbocycles. The van der Waals surface area contributed by atoms with Crippen LogP contribution in [0.15, 0.2) is 54.6 Å². The van der Waals surface area contributed by atoms with Crippen molar-refractivity contribution < 1.29 is 4.79 Å². The molecule has 2 aromatic carbocycles. The monoisotopic (exact) mass is 275 g/mol. The average molecular weight is 275 g/mol. The summed E-state index contributed by atoms with van der Waals surface area (Å²) in [5.74, 6) is -0.308. The molecule has 1 amide bonds. The predicted octanol–water partition coefficient (Wildman–Crippen LogP) is 2.84. The highest BCUT2D eigenvalue weighted by molar-refractivity contribution is 5.95. The Morgan fingerprint density at radius 1 is 0.857 bits per heavy atom. The number of nitrogens with zero attached hydrogens (tertiary/aromatic N) is 3. The molecular formula is C17H13N3O. The summed E-state index contributed by atoms with van der Waals surface area (Å²) < 4.78 is 0. The Morgan fingerprint density at radius 3 is 1.90 bits per heavy atom. The van der Waals surface area contributed by atoms with Crippen LogP contribution in [0.3, 0.4) is 0 Å². The first-order valence-corrected chi connectivity index (χ1v) is 6.45. The quantitative estimate of drug-likeness (QED) is 0.806. The molecule has 0 bridgehead atoms. The fraction of sp³-hybridized carbons (Fsp3) is 0.118. The van der Waals surface area contributed by atoms with Crippen molar-refractivity contribution >= 4 is 5.91 Å². The Bertz CT molecular complexity index is 678. The standard InChI is InChI=1S/C17H13N3O/c18-10-12-20(13-11-19)17(21)16-8-6-15(7-9-16)14-4-2-1-3-5-14/h1-9H,12-13H2. The Kier molecular flexibility index (Phi) is 4.69. The molecule has 4 nitrogen and oxygen atoms in total. The van der Waals surface area contributed by atoms with Gasteiger partial charge < -0.3 is 4.90 Å². The number of nitriles is 2. The highest BCUT2D eigenvalue weighted by Gasteiger charge is 2.14. The van der Waals surface area contributed by atoms with Gasteiger partial charge in [0, 0.05) is 5.56 Å². The Hall–Kier alpha value is -3.11. The van der Waals surface area contributed by atoms with Gasteiger partial charge in [-0.2, -0.15) is 10.5 Å². The SMILES string of the molecule is N#CCN(CC#N)C(=O)c1ccc(-c2ccccc2)cc1. The lowest BCUT2D eigenvalue weighted by Crippen LogP contribution is -2.31. The lowest BCUT2D eigenvalue weighted by molar-refractivity contribution is 0.0795. The van der Waals surface area contributed by atoms with E-state index < -0.39 is 0 Å². The van der Waals surface area contributed by atoms with Gasteiger partial charge in [0.05, 0.1) is 12.1 Å². The minimum Gasteiger partial charge on any atom is -0.312 e. The van der Waals surface area contributed by atoms with Gasteiger partial charge in [0.1, 0.15) is 13.1 Å². The molecule has 0 fully saturated rings. The van der Waals surface area contributed by atoms with Gasteiger partial charge in [-0.05, 0) is 23.3 Å². The fourth-order valence-corrected chi connectivity index (χ4v) is 1.99. The van der Waals surface area contributed by atoms with E-state index in [9.17, 15) is 4.79 Å². The molecular weight excluding hydrogens is 262 g/mol. The van der Waals surface area contributed by atoms with Crippen LogP contribution in [0.4, 0.5) is 0 Å². The van der Waals surface area contributed by atoms with E-state index >= 15 is 0 Å². The predicted molar refractivity (Wildman–Crippen MR) is 79.0 cm³/mol. The number of rotatable bonds is 4. The van der Waals surface area contributed by atoms with E-state index in [4.69, 9.17) is 10.5 Å². The van der Waals surface area contributed by atoms with Gasteiger partial charge in [0.15, 0.2) is 0 Å². The molecule has 0 aliphatic carbocycles. The van der Waals surface area contributed by atoms with Gasteiger partial charge in [-0.3, -0.25) is 4.79 Å². The van der Waals surface area contributed by atoms with Crippen molar-refractivity contribution in [2.75, 3.05) is 13.1 Å². The molecule has 4 heteroatoms. The number of benzene rings is 2. The Balaban J connectivity index is 2.21. The number of amides is 1. The van der Waals surface area contributed by atoms with E-state index in [2.05, 4.69) is 0 Å². The Labute approximate surface area is 123 Å². The van der Waals surface area contributed by atoms with Crippen LogP contribution in [-0.2, 0) is 0 Å². The largest absolute Gasteiger partial charge is 0.312 e. The van der Waals surface area contributed by atoms with E-state index in [1.165, 1.54) is 4.90 Å². The third-order valence-corrected chi connectivity index (χ3v) is 3.05. The molecule has 102 valence electrons. The van der Waals surface area contributed by atoms with E-state index in [-0.39, 0.29) is 19.0 Å². The van der Waals surface area contributed by atoms with Crippen LogP contribution < -0.4 is 0 Å². The second-order valence-electron chi connectivity index (χ2n) is 4.42. The van der Waals surface area contributed by atoms with Crippen molar-refractivity contribution in [3.8, 4) is 23.3 Å². The van der Waals surface area contributed by atoms with Crippen molar-refractivity contribution in [3.63, 3.8) is 0 Å². The summed E-state index contributed by atoms with van der Waals surface area (Å²) in [6.45, 7) is -0.181. The molecule has 0 N–H and O–H groups in total. The summed E-state index contributed by atoms with van der Waals surface area (Å²) in [6.07, 6.45) is 0. The van der Waals surface area contributed by atoms with Gasteiger partial charge in [0.25, 0.3) is 5.91 Å². The summed E-state index contributed by atoms with van der Waals surface area (Å²) in [5.41, 5.74) is 2.56. The van der Waals surface area contributed by atoms with Crippen molar-refractivity contribution in [3.05, 3.63) is 60.2 Å². The molecule has 2 aromatic rings. The van der Waals surface area contributed by atoms with Crippen molar-refractivity contribution in [2.24, 2.45) is 0 Å². The van der Waals surface area contributed by atoms with Crippen LogP contribution in [0.1, 0.15) is 10.4 Å². The van der Waals surface area contributed by atoms with Gasteiger partial charge in [-0.1, -0.05) is 42.5 Å². The maximum Gasteiger partial charge on any atom is 0.255 e. The van der Waals surface area contributed by atoms with Crippen LogP contribution >= 0.6 is 0 Å². The normalized spacial score (nSPS) is 9.43. The number of carbonyl (C=O) groups excluding carboxylic acids is 1. The molecule has 0 saturated heterocycles. The first-order valence-electron chi connectivity index (χ1n) is 6.45. The number of hydrogen-bond donors (Lipinski definition) is 0. The van der Waals surface area contributed by atoms with Crippen molar-refractivity contribution in [1.82, 2.24) is 4.90 Å². The third kappa shape index (κ3) is 3.46. The smallest absolute Gasteiger partial charge is 0.255 e. The van der Waals surface area contributed by atoms with Crippen molar-refractivity contribution in [1.29, 1.82) is 10.5 Å². The molecule has 2 rings (SSSR count). The summed E-state index contributed by atoms with van der Waals surface area (Å²) in [5, 5.41) is 17.4. The summed E-state index contributed by atoms with van der Waals surface area (Å²) in [4.78, 5) is 13.4. The molecule has 0 aliphatic heterocycles. The zero-order chi connectivity index (χ0) is 15.1. The van der Waals surface area contributed by atoms with Crippen LogP contribution in [-0.4, -0.2) is 23.9 Å². The number of hydrogen-bond acceptors (Lipinski definition) is 3. The van der Waals surface area contributed by atoms with E-state index in [1.54, 1.807) is 12.1 Å². The minimum atomic E-state index is -0.308. The van der Waals surface area contributed by atoms with E-state index in [1.807, 2.05) is 54.6 Å². The van der Waals surface area contributed by atoms with Gasteiger partial charge in [-0.25, -0.2) is 0 Å². The topological polar surface area (TPSA) is 67.9 Å². The van der Waals surface area contributed by atoms with Crippen molar-refractivity contribution in [2.45, 2.75) is 0 Å². The first kappa shape index (κ1) is 14.3. The fourth-order valence-electron chi connectivity index (χ4n) is 1.99. The van der Waals surface area contributed by atoms with Crippen LogP contribution in [0, 0.1) is 22.7 Å². The van der Waals surface area contributed by atoms with E-state index in [0.717, 1.165) is 11.1 Å². The zero-order valence-corrected chi connectivity index (χ0v) is 11.4. The summed E-state index contributed by atoms with van der Waals surface area (Å²) in [7, 11) is 0. The summed E-state index contributed by atoms with van der Waals surface area (Å²) >= 11 is 0. The van der Waals surface area contributed by atoms with Gasteiger partial charge in [-0.15, -0.1) is 0 Å².